The van der Waals surface area contributed by atoms with Crippen molar-refractivity contribution in [1.82, 2.24) is 10.5 Å². The number of carboxylic acids is 1. The number of nitrogens with zero attached hydrogens (tertiary/aromatic N) is 1. The Morgan fingerprint density at radius 3 is 2.70 bits per heavy atom. The van der Waals surface area contributed by atoms with Gasteiger partial charge in [-0.15, -0.1) is 0 Å². The number of amides is 1. The van der Waals surface area contributed by atoms with Gasteiger partial charge in [0.05, 0.1) is 11.8 Å². The van der Waals surface area contributed by atoms with E-state index in [1.165, 1.54) is 0 Å². The topological polar surface area (TPSA) is 102 Å². The van der Waals surface area contributed by atoms with Crippen molar-refractivity contribution in [2.24, 2.45) is 5.41 Å². The molecule has 2 atom stereocenters. The first kappa shape index (κ1) is 16.0. The van der Waals surface area contributed by atoms with Crippen LogP contribution in [0.2, 0.25) is 0 Å². The highest BCUT2D eigenvalue weighted by Gasteiger charge is 2.66. The zero-order chi connectivity index (χ0) is 16.8. The van der Waals surface area contributed by atoms with Crippen molar-refractivity contribution in [3.63, 3.8) is 0 Å². The van der Waals surface area contributed by atoms with Crippen LogP contribution in [-0.4, -0.2) is 40.4 Å². The molecule has 3 rings (SSSR count). The monoisotopic (exact) mass is 322 g/mol. The fraction of sp³-hybridized carbons (Fsp3) is 0.688. The highest BCUT2D eigenvalue weighted by atomic mass is 16.5. The van der Waals surface area contributed by atoms with E-state index in [1.54, 1.807) is 19.9 Å². The van der Waals surface area contributed by atoms with Crippen molar-refractivity contribution >= 4 is 11.9 Å². The van der Waals surface area contributed by atoms with E-state index in [0.29, 0.717) is 12.5 Å². The number of carboxylic acid groups (broad SMARTS) is 1. The molecule has 2 saturated carbocycles. The minimum atomic E-state index is -1.36. The lowest BCUT2D eigenvalue weighted by molar-refractivity contribution is -0.190. The highest BCUT2D eigenvalue weighted by Crippen LogP contribution is 2.51. The minimum Gasteiger partial charge on any atom is -0.479 e. The number of aromatic nitrogens is 1. The zero-order valence-electron chi connectivity index (χ0n) is 13.6. The number of hydrogen-bond donors (Lipinski definition) is 2. The molecule has 2 unspecified atom stereocenters. The van der Waals surface area contributed by atoms with E-state index in [0.717, 1.165) is 18.5 Å². The molecule has 2 aliphatic carbocycles. The quantitative estimate of drug-likeness (QED) is 0.830. The summed E-state index contributed by atoms with van der Waals surface area (Å²) in [6, 6.07) is 1.61. The first-order valence-electron chi connectivity index (χ1n) is 7.96. The van der Waals surface area contributed by atoms with E-state index in [1.807, 2.05) is 6.92 Å². The van der Waals surface area contributed by atoms with E-state index >= 15 is 0 Å². The van der Waals surface area contributed by atoms with Gasteiger partial charge in [-0.05, 0) is 19.8 Å². The molecular formula is C16H22N2O5. The molecule has 1 aromatic rings. The maximum atomic E-state index is 12.4. The third-order valence-corrected chi connectivity index (χ3v) is 5.20. The largest absolute Gasteiger partial charge is 0.479 e. The fourth-order valence-corrected chi connectivity index (χ4v) is 3.26. The molecule has 2 aliphatic rings. The van der Waals surface area contributed by atoms with Crippen molar-refractivity contribution in [2.45, 2.75) is 57.6 Å². The van der Waals surface area contributed by atoms with Crippen LogP contribution in [0.3, 0.4) is 0 Å². The molecule has 0 aromatic carbocycles. The van der Waals surface area contributed by atoms with E-state index < -0.39 is 22.8 Å². The summed E-state index contributed by atoms with van der Waals surface area (Å²) in [5, 5.41) is 16.2. The van der Waals surface area contributed by atoms with Gasteiger partial charge >= 0.3 is 5.97 Å². The number of rotatable bonds is 6. The molecule has 1 heterocycles. The molecular weight excluding hydrogens is 300 g/mol. The lowest BCUT2D eigenvalue weighted by Gasteiger charge is -2.58. The Labute approximate surface area is 134 Å². The molecule has 1 amide bonds. The summed E-state index contributed by atoms with van der Waals surface area (Å²) in [4.78, 5) is 24.3. The van der Waals surface area contributed by atoms with Gasteiger partial charge in [-0.25, -0.2) is 4.79 Å². The van der Waals surface area contributed by atoms with Gasteiger partial charge in [0.25, 0.3) is 5.91 Å². The van der Waals surface area contributed by atoms with Crippen molar-refractivity contribution in [2.75, 3.05) is 6.61 Å². The van der Waals surface area contributed by atoms with Crippen LogP contribution in [0.15, 0.2) is 10.6 Å². The second kappa shape index (κ2) is 5.33. The molecule has 0 spiro atoms. The Kier molecular flexibility index (Phi) is 3.71. The number of carbonyl (C=O) groups excluding carboxylic acids is 1. The molecule has 126 valence electrons. The molecule has 0 radical (unpaired) electrons. The highest BCUT2D eigenvalue weighted by molar-refractivity contribution is 5.97. The van der Waals surface area contributed by atoms with Gasteiger partial charge in [0.2, 0.25) is 5.76 Å². The van der Waals surface area contributed by atoms with Gasteiger partial charge in [0, 0.05) is 30.4 Å². The van der Waals surface area contributed by atoms with Gasteiger partial charge < -0.3 is 19.7 Å². The van der Waals surface area contributed by atoms with Crippen molar-refractivity contribution < 1.29 is 24.0 Å². The van der Waals surface area contributed by atoms with Gasteiger partial charge in [-0.2, -0.15) is 0 Å². The Balaban J connectivity index is 1.77. The molecule has 23 heavy (non-hydrogen) atoms. The summed E-state index contributed by atoms with van der Waals surface area (Å²) in [5.74, 6) is -1.18. The number of carbonyl (C=O) groups is 2. The van der Waals surface area contributed by atoms with Crippen molar-refractivity contribution in [1.29, 1.82) is 0 Å². The third-order valence-electron chi connectivity index (χ3n) is 5.20. The van der Waals surface area contributed by atoms with Crippen LogP contribution >= 0.6 is 0 Å². The predicted molar refractivity (Wildman–Crippen MR) is 80.1 cm³/mol. The predicted octanol–water partition coefficient (Wildman–Crippen LogP) is 1.94. The fourth-order valence-electron chi connectivity index (χ4n) is 3.26. The molecule has 2 fully saturated rings. The Bertz CT molecular complexity index is 634. The summed E-state index contributed by atoms with van der Waals surface area (Å²) >= 11 is 0. The zero-order valence-corrected chi connectivity index (χ0v) is 13.6. The van der Waals surface area contributed by atoms with Gasteiger partial charge in [-0.3, -0.25) is 4.79 Å². The van der Waals surface area contributed by atoms with E-state index in [9.17, 15) is 14.7 Å². The summed E-state index contributed by atoms with van der Waals surface area (Å²) in [6.07, 6.45) is 2.13. The van der Waals surface area contributed by atoms with Crippen LogP contribution < -0.4 is 5.32 Å². The maximum Gasteiger partial charge on any atom is 0.330 e. The Morgan fingerprint density at radius 1 is 1.48 bits per heavy atom. The average Bonchev–Trinajstić information content (AvgIpc) is 3.22. The van der Waals surface area contributed by atoms with E-state index in [-0.39, 0.29) is 18.3 Å². The Morgan fingerprint density at radius 2 is 2.17 bits per heavy atom. The third kappa shape index (κ3) is 2.43. The Hall–Kier alpha value is -1.89. The standard InChI is InChI=1S/C16H22N2O5/c1-4-22-12-8-16(14(20)21,15(12,2)3)17-13(19)11-7-10(18-23-11)9-5-6-9/h7,9,12H,4-6,8H2,1-3H3,(H,17,19)(H,20,21). The smallest absolute Gasteiger partial charge is 0.330 e. The molecule has 0 bridgehead atoms. The first-order chi connectivity index (χ1) is 10.8. The van der Waals surface area contributed by atoms with Gasteiger partial charge in [-0.1, -0.05) is 19.0 Å². The van der Waals surface area contributed by atoms with Crippen LogP contribution in [0.25, 0.3) is 0 Å². The summed E-state index contributed by atoms with van der Waals surface area (Å²) in [6.45, 7) is 5.95. The van der Waals surface area contributed by atoms with Crippen molar-refractivity contribution in [3.05, 3.63) is 17.5 Å². The molecule has 7 nitrogen and oxygen atoms in total. The normalized spacial score (nSPS) is 28.9. The molecule has 7 heteroatoms. The maximum absolute atomic E-state index is 12.4. The molecule has 2 N–H and O–H groups in total. The summed E-state index contributed by atoms with van der Waals surface area (Å²) in [5.41, 5.74) is -1.32. The summed E-state index contributed by atoms with van der Waals surface area (Å²) in [7, 11) is 0. The second-order valence-corrected chi connectivity index (χ2v) is 6.92. The number of hydrogen-bond acceptors (Lipinski definition) is 5. The van der Waals surface area contributed by atoms with E-state index in [4.69, 9.17) is 9.26 Å². The van der Waals surface area contributed by atoms with Crippen LogP contribution in [0.4, 0.5) is 0 Å². The van der Waals surface area contributed by atoms with Gasteiger partial charge in [0.15, 0.2) is 0 Å². The van der Waals surface area contributed by atoms with Crippen LogP contribution in [0.5, 0.6) is 0 Å². The number of ether oxygens (including phenoxy) is 1. The lowest BCUT2D eigenvalue weighted by Crippen LogP contribution is -2.76. The van der Waals surface area contributed by atoms with Crippen LogP contribution in [-0.2, 0) is 9.53 Å². The van der Waals surface area contributed by atoms with Crippen molar-refractivity contribution in [3.8, 4) is 0 Å². The minimum absolute atomic E-state index is 0.0585. The van der Waals surface area contributed by atoms with Crippen LogP contribution in [0.1, 0.15) is 62.2 Å². The molecule has 0 saturated heterocycles. The number of aliphatic carboxylic acids is 1. The summed E-state index contributed by atoms with van der Waals surface area (Å²) < 4.78 is 10.7. The number of nitrogens with one attached hydrogen (secondary N) is 1. The lowest BCUT2D eigenvalue weighted by atomic mass is 9.54. The first-order valence-corrected chi connectivity index (χ1v) is 7.96. The SMILES string of the molecule is CCOC1CC(NC(=O)c2cc(C3CC3)no2)(C(=O)O)C1(C)C. The molecule has 1 aromatic heterocycles. The van der Waals surface area contributed by atoms with Crippen LogP contribution in [0, 0.1) is 5.41 Å². The molecule has 0 aliphatic heterocycles. The van der Waals surface area contributed by atoms with Gasteiger partial charge in [0.1, 0.15) is 5.54 Å². The van der Waals surface area contributed by atoms with E-state index in [2.05, 4.69) is 10.5 Å². The second-order valence-electron chi connectivity index (χ2n) is 6.92. The average molecular weight is 322 g/mol.